The van der Waals surface area contributed by atoms with Gasteiger partial charge in [0.25, 0.3) is 0 Å². The van der Waals surface area contributed by atoms with Crippen LogP contribution in [0.1, 0.15) is 28.3 Å². The smallest absolute Gasteiger partial charge is 0.210 e. The van der Waals surface area contributed by atoms with Crippen LogP contribution in [0.4, 0.5) is 0 Å². The molecule has 2 heterocycles. The molecule has 0 spiro atoms. The van der Waals surface area contributed by atoms with E-state index >= 15 is 0 Å². The van der Waals surface area contributed by atoms with E-state index in [1.54, 1.807) is 0 Å². The number of carbonyl (C=O) groups is 1. The number of ether oxygens (including phenoxy) is 2. The molecule has 2 aromatic rings. The lowest BCUT2D eigenvalue weighted by Crippen LogP contribution is -2.54. The van der Waals surface area contributed by atoms with E-state index in [0.29, 0.717) is 18.8 Å². The largest absolute Gasteiger partial charge is 0.371 e. The van der Waals surface area contributed by atoms with Crippen LogP contribution in [0.5, 0.6) is 0 Å². The number of rotatable bonds is 6. The molecule has 2 aliphatic rings. The predicted molar refractivity (Wildman–Crippen MR) is 91.0 cm³/mol. The molecule has 2 aliphatic heterocycles. The van der Waals surface area contributed by atoms with Crippen molar-refractivity contribution < 1.29 is 14.3 Å². The lowest BCUT2D eigenvalue weighted by molar-refractivity contribution is -0.0501. The van der Waals surface area contributed by atoms with Crippen LogP contribution < -0.4 is 5.32 Å². The lowest BCUT2D eigenvalue weighted by atomic mass is 9.84. The van der Waals surface area contributed by atoms with Gasteiger partial charge >= 0.3 is 0 Å². The highest BCUT2D eigenvalue weighted by Crippen LogP contribution is 2.39. The number of benzene rings is 2. The first-order valence-corrected chi connectivity index (χ1v) is 8.45. The van der Waals surface area contributed by atoms with Crippen molar-refractivity contribution in [3.05, 3.63) is 71.8 Å². The number of ketones is 1. The number of nitrogens with one attached hydrogen (secondary N) is 1. The minimum Gasteiger partial charge on any atom is -0.371 e. The van der Waals surface area contributed by atoms with E-state index in [1.807, 2.05) is 48.5 Å². The summed E-state index contributed by atoms with van der Waals surface area (Å²) >= 11 is 0. The zero-order valence-corrected chi connectivity index (χ0v) is 13.5. The third-order valence-electron chi connectivity index (χ3n) is 4.79. The Morgan fingerprint density at radius 2 is 1.79 bits per heavy atom. The van der Waals surface area contributed by atoms with Gasteiger partial charge in [0, 0.05) is 11.5 Å². The first kappa shape index (κ1) is 15.5. The second kappa shape index (κ2) is 6.48. The van der Waals surface area contributed by atoms with E-state index in [2.05, 4.69) is 17.4 Å². The van der Waals surface area contributed by atoms with Gasteiger partial charge in [-0.05, 0) is 18.5 Å². The molecular weight excluding hydrogens is 302 g/mol. The summed E-state index contributed by atoms with van der Waals surface area (Å²) in [5.74, 6) is -0.0136. The molecule has 3 atom stereocenters. The summed E-state index contributed by atoms with van der Waals surface area (Å²) in [6, 6.07) is 19.5. The molecule has 0 radical (unpaired) electrons. The SMILES string of the molecule is O=C(c1ccccc1)[C@@]1(OCC2CO2)NCCC1c1ccccc1. The molecule has 124 valence electrons. The fraction of sp³-hybridized carbons (Fsp3) is 0.350. The Labute approximate surface area is 141 Å². The Balaban J connectivity index is 1.70. The molecule has 2 fully saturated rings. The standard InChI is InChI=1S/C20H21NO3/c22-19(16-9-5-2-6-10-16)20(24-14-17-13-23-17)18(11-12-21-20)15-7-3-1-4-8-15/h1-10,17-18,21H,11-14H2/t17?,18?,20-/m1/s1. The third kappa shape index (κ3) is 2.88. The van der Waals surface area contributed by atoms with E-state index < -0.39 is 5.72 Å². The average molecular weight is 323 g/mol. The van der Waals surface area contributed by atoms with Gasteiger partial charge in [-0.15, -0.1) is 0 Å². The van der Waals surface area contributed by atoms with Gasteiger partial charge < -0.3 is 9.47 Å². The lowest BCUT2D eigenvalue weighted by Gasteiger charge is -2.34. The van der Waals surface area contributed by atoms with E-state index in [1.165, 1.54) is 0 Å². The van der Waals surface area contributed by atoms with Gasteiger partial charge in [-0.1, -0.05) is 60.7 Å². The molecule has 2 unspecified atom stereocenters. The molecule has 0 aromatic heterocycles. The van der Waals surface area contributed by atoms with Crippen LogP contribution >= 0.6 is 0 Å². The summed E-state index contributed by atoms with van der Waals surface area (Å²) in [7, 11) is 0. The molecule has 0 saturated carbocycles. The monoisotopic (exact) mass is 323 g/mol. The van der Waals surface area contributed by atoms with Crippen LogP contribution in [0, 0.1) is 0 Å². The molecule has 2 saturated heterocycles. The molecule has 24 heavy (non-hydrogen) atoms. The fourth-order valence-electron chi connectivity index (χ4n) is 3.46. The van der Waals surface area contributed by atoms with Gasteiger partial charge in [-0.3, -0.25) is 10.1 Å². The number of hydrogen-bond acceptors (Lipinski definition) is 4. The number of hydrogen-bond donors (Lipinski definition) is 1. The van der Waals surface area contributed by atoms with Crippen molar-refractivity contribution >= 4 is 5.78 Å². The Morgan fingerprint density at radius 3 is 2.46 bits per heavy atom. The Kier molecular flexibility index (Phi) is 4.19. The van der Waals surface area contributed by atoms with Crippen LogP contribution in [0.25, 0.3) is 0 Å². The van der Waals surface area contributed by atoms with Crippen molar-refractivity contribution in [1.29, 1.82) is 0 Å². The maximum atomic E-state index is 13.4. The van der Waals surface area contributed by atoms with Gasteiger partial charge in [0.15, 0.2) is 5.72 Å². The van der Waals surface area contributed by atoms with Gasteiger partial charge in [0.2, 0.25) is 5.78 Å². The Hall–Kier alpha value is -2.01. The van der Waals surface area contributed by atoms with Gasteiger partial charge in [-0.2, -0.15) is 0 Å². The predicted octanol–water partition coefficient (Wildman–Crippen LogP) is 2.76. The van der Waals surface area contributed by atoms with E-state index in [9.17, 15) is 4.79 Å². The molecule has 4 rings (SSSR count). The second-order valence-corrected chi connectivity index (χ2v) is 6.38. The van der Waals surface area contributed by atoms with Gasteiger partial charge in [0.05, 0.1) is 13.2 Å². The minimum atomic E-state index is -1.02. The summed E-state index contributed by atoms with van der Waals surface area (Å²) in [5, 5.41) is 3.37. The summed E-state index contributed by atoms with van der Waals surface area (Å²) in [4.78, 5) is 13.4. The van der Waals surface area contributed by atoms with Crippen LogP contribution in [0.3, 0.4) is 0 Å². The van der Waals surface area contributed by atoms with Crippen molar-refractivity contribution in [1.82, 2.24) is 5.32 Å². The zero-order valence-electron chi connectivity index (χ0n) is 13.5. The van der Waals surface area contributed by atoms with Crippen molar-refractivity contribution in [3.63, 3.8) is 0 Å². The average Bonchev–Trinajstić information content (AvgIpc) is 3.39. The van der Waals surface area contributed by atoms with Gasteiger partial charge in [0.1, 0.15) is 6.10 Å². The summed E-state index contributed by atoms with van der Waals surface area (Å²) in [5.41, 5.74) is 0.780. The summed E-state index contributed by atoms with van der Waals surface area (Å²) in [6.07, 6.45) is 0.984. The molecule has 0 amide bonds. The fourth-order valence-corrected chi connectivity index (χ4v) is 3.46. The maximum absolute atomic E-state index is 13.4. The number of epoxide rings is 1. The molecule has 0 aliphatic carbocycles. The van der Waals surface area contributed by atoms with E-state index in [-0.39, 0.29) is 17.8 Å². The molecule has 2 aromatic carbocycles. The molecule has 4 nitrogen and oxygen atoms in total. The van der Waals surface area contributed by atoms with Crippen LogP contribution in [0.15, 0.2) is 60.7 Å². The van der Waals surface area contributed by atoms with Gasteiger partial charge in [-0.25, -0.2) is 0 Å². The van der Waals surface area contributed by atoms with Crippen LogP contribution in [-0.4, -0.2) is 37.4 Å². The molecule has 1 N–H and O–H groups in total. The normalized spacial score (nSPS) is 28.7. The maximum Gasteiger partial charge on any atom is 0.210 e. The first-order chi connectivity index (χ1) is 11.8. The highest BCUT2D eigenvalue weighted by molar-refractivity contribution is 6.03. The topological polar surface area (TPSA) is 50.9 Å². The van der Waals surface area contributed by atoms with E-state index in [4.69, 9.17) is 9.47 Å². The summed E-state index contributed by atoms with van der Waals surface area (Å²) < 4.78 is 11.5. The molecular formula is C20H21NO3. The Morgan fingerprint density at radius 1 is 1.12 bits per heavy atom. The molecule has 0 bridgehead atoms. The highest BCUT2D eigenvalue weighted by atomic mass is 16.6. The van der Waals surface area contributed by atoms with Crippen molar-refractivity contribution in [2.24, 2.45) is 0 Å². The highest BCUT2D eigenvalue weighted by Gasteiger charge is 2.51. The molecule has 4 heteroatoms. The Bertz CT molecular complexity index is 699. The van der Waals surface area contributed by atoms with Crippen molar-refractivity contribution in [2.75, 3.05) is 19.8 Å². The quantitative estimate of drug-likeness (QED) is 0.656. The number of Topliss-reactive ketones (excluding diaryl/α,β-unsaturated/α-hetero) is 1. The van der Waals surface area contributed by atoms with Crippen LogP contribution in [-0.2, 0) is 9.47 Å². The first-order valence-electron chi connectivity index (χ1n) is 8.45. The van der Waals surface area contributed by atoms with Crippen molar-refractivity contribution in [3.8, 4) is 0 Å². The summed E-state index contributed by atoms with van der Waals surface area (Å²) in [6.45, 7) is 1.91. The number of carbonyl (C=O) groups excluding carboxylic acids is 1. The van der Waals surface area contributed by atoms with Crippen molar-refractivity contribution in [2.45, 2.75) is 24.2 Å². The van der Waals surface area contributed by atoms with Crippen LogP contribution in [0.2, 0.25) is 0 Å². The van der Waals surface area contributed by atoms with E-state index in [0.717, 1.165) is 18.5 Å². The minimum absolute atomic E-state index is 0.00453. The third-order valence-corrected chi connectivity index (χ3v) is 4.79. The second-order valence-electron chi connectivity index (χ2n) is 6.38. The zero-order chi connectivity index (χ0) is 16.4.